The molecule has 0 saturated heterocycles. The molecule has 4 aromatic rings. The second-order valence-electron chi connectivity index (χ2n) is 9.88. The minimum absolute atomic E-state index is 0.0215. The van der Waals surface area contributed by atoms with Crippen LogP contribution in [-0.2, 0) is 30.0 Å². The monoisotopic (exact) mass is 597 g/mol. The maximum atomic E-state index is 14.2. The van der Waals surface area contributed by atoms with Crippen LogP contribution in [0.1, 0.15) is 58.8 Å². The largest absolute Gasteiger partial charge is 0.465 e. The summed E-state index contributed by atoms with van der Waals surface area (Å²) in [7, 11) is -4.07. The van der Waals surface area contributed by atoms with Crippen molar-refractivity contribution >= 4 is 41.5 Å². The van der Waals surface area contributed by atoms with E-state index in [0.717, 1.165) is 29.3 Å². The molecule has 226 valence electrons. The quantitative estimate of drug-likeness (QED) is 0.0874. The molecule has 2 heterocycles. The Morgan fingerprint density at radius 2 is 1.81 bits per heavy atom. The summed E-state index contributed by atoms with van der Waals surface area (Å²) in [6, 6.07) is 15.1. The first kappa shape index (κ1) is 31.4. The highest BCUT2D eigenvalue weighted by molar-refractivity contribution is 7.52. The molecule has 3 N–H and O–H groups in total. The average molecular weight is 598 g/mol. The van der Waals surface area contributed by atoms with Gasteiger partial charge in [0.2, 0.25) is 0 Å². The lowest BCUT2D eigenvalue weighted by atomic mass is 10.1. The van der Waals surface area contributed by atoms with Crippen LogP contribution < -0.4 is 15.3 Å². The lowest BCUT2D eigenvalue weighted by molar-refractivity contribution is -0.145. The van der Waals surface area contributed by atoms with Gasteiger partial charge in [0, 0.05) is 12.0 Å². The number of aromatic nitrogens is 3. The SMILES string of the molecule is CCCCOC(=O)[C@H](C)N[P@](=O)(OC[C@@H](CC)n1c(COCC)nc2c(N)nc3ccccc3c21)Oc1ccccc1. The number of pyridine rings is 1. The Kier molecular flexibility index (Phi) is 10.9. The van der Waals surface area contributed by atoms with E-state index in [4.69, 9.17) is 29.2 Å². The van der Waals surface area contributed by atoms with Gasteiger partial charge < -0.3 is 24.3 Å². The number of nitrogens with one attached hydrogen (secondary N) is 1. The van der Waals surface area contributed by atoms with Crippen LogP contribution in [0.15, 0.2) is 54.6 Å². The van der Waals surface area contributed by atoms with Crippen molar-refractivity contribution in [3.8, 4) is 5.75 Å². The van der Waals surface area contributed by atoms with Gasteiger partial charge in [-0.2, -0.15) is 5.09 Å². The number of esters is 1. The van der Waals surface area contributed by atoms with Crippen LogP contribution in [0.2, 0.25) is 0 Å². The molecule has 0 amide bonds. The highest BCUT2D eigenvalue weighted by atomic mass is 31.2. The number of ether oxygens (including phenoxy) is 2. The Hall–Kier alpha value is -3.50. The molecule has 0 unspecified atom stereocenters. The van der Waals surface area contributed by atoms with Crippen LogP contribution in [0, 0.1) is 0 Å². The standard InChI is InChI=1S/C30H40N5O6P/c1-5-8-18-39-30(36)21(4)34-42(37,41-23-14-10-9-11-15-23)40-19-22(6-2)35-26(20-38-7-3)33-27-28(35)24-16-12-13-17-25(24)32-29(27)31/h9-17,21-22H,5-8,18-20H2,1-4H3,(H2,31,32)(H,34,37)/t21-,22+,42-/m0/s1. The molecule has 0 aliphatic heterocycles. The molecule has 11 nitrogen and oxygen atoms in total. The van der Waals surface area contributed by atoms with Crippen LogP contribution in [0.4, 0.5) is 5.82 Å². The molecule has 0 fully saturated rings. The molecule has 0 aliphatic carbocycles. The fourth-order valence-corrected chi connectivity index (χ4v) is 6.09. The number of carbonyl (C=O) groups is 1. The molecule has 0 saturated carbocycles. The molecule has 12 heteroatoms. The highest BCUT2D eigenvalue weighted by Crippen LogP contribution is 2.46. The molecule has 42 heavy (non-hydrogen) atoms. The van der Waals surface area contributed by atoms with Crippen LogP contribution in [0.3, 0.4) is 0 Å². The Morgan fingerprint density at radius 1 is 1.07 bits per heavy atom. The normalized spacial score (nSPS) is 14.5. The molecule has 3 atom stereocenters. The number of unbranched alkanes of at least 4 members (excludes halogenated alkanes) is 1. The average Bonchev–Trinajstić information content (AvgIpc) is 3.37. The van der Waals surface area contributed by atoms with Crippen molar-refractivity contribution in [3.63, 3.8) is 0 Å². The summed E-state index contributed by atoms with van der Waals surface area (Å²) < 4.78 is 39.2. The number of benzene rings is 2. The summed E-state index contributed by atoms with van der Waals surface area (Å²) in [5.41, 5.74) is 8.44. The molecule has 0 radical (unpaired) electrons. The van der Waals surface area contributed by atoms with Gasteiger partial charge in [-0.15, -0.1) is 0 Å². The number of imidazole rings is 1. The number of carbonyl (C=O) groups excluding carboxylic acids is 1. The zero-order valence-corrected chi connectivity index (χ0v) is 25.5. The number of nitrogen functional groups attached to an aromatic ring is 1. The number of anilines is 1. The maximum absolute atomic E-state index is 14.2. The molecule has 2 aromatic heterocycles. The van der Waals surface area contributed by atoms with Gasteiger partial charge in [0.15, 0.2) is 5.82 Å². The lowest BCUT2D eigenvalue weighted by Crippen LogP contribution is -2.35. The first-order valence-corrected chi connectivity index (χ1v) is 15.9. The van der Waals surface area contributed by atoms with Crippen molar-refractivity contribution in [2.24, 2.45) is 0 Å². The van der Waals surface area contributed by atoms with Crippen LogP contribution in [0.5, 0.6) is 5.75 Å². The van der Waals surface area contributed by atoms with E-state index in [1.807, 2.05) is 55.7 Å². The summed E-state index contributed by atoms with van der Waals surface area (Å²) in [5, 5.41) is 3.65. The van der Waals surface area contributed by atoms with Crippen molar-refractivity contribution in [2.75, 3.05) is 25.6 Å². The fraction of sp³-hybridized carbons (Fsp3) is 0.433. The van der Waals surface area contributed by atoms with Crippen molar-refractivity contribution in [1.29, 1.82) is 0 Å². The third-order valence-corrected chi connectivity index (χ3v) is 8.40. The molecule has 2 aromatic carbocycles. The maximum Gasteiger partial charge on any atom is 0.459 e. The number of nitrogens with zero attached hydrogens (tertiary/aromatic N) is 3. The first-order valence-electron chi connectivity index (χ1n) is 14.4. The van der Waals surface area contributed by atoms with Crippen LogP contribution in [0.25, 0.3) is 21.9 Å². The topological polar surface area (TPSA) is 140 Å². The molecule has 0 spiro atoms. The van der Waals surface area contributed by atoms with Gasteiger partial charge in [-0.1, -0.05) is 56.7 Å². The van der Waals surface area contributed by atoms with E-state index in [1.165, 1.54) is 0 Å². The van der Waals surface area contributed by atoms with Crippen molar-refractivity contribution in [1.82, 2.24) is 19.6 Å². The number of nitrogens with two attached hydrogens (primary N) is 1. The number of fused-ring (bicyclic) bond motifs is 3. The van der Waals surface area contributed by atoms with E-state index in [2.05, 4.69) is 10.1 Å². The summed E-state index contributed by atoms with van der Waals surface area (Å²) >= 11 is 0. The zero-order chi connectivity index (χ0) is 30.1. The Labute approximate surface area is 246 Å². The summed E-state index contributed by atoms with van der Waals surface area (Å²) in [6.07, 6.45) is 2.22. The van der Waals surface area contributed by atoms with Crippen molar-refractivity contribution < 1.29 is 27.9 Å². The Bertz CT molecular complexity index is 1530. The predicted octanol–water partition coefficient (Wildman–Crippen LogP) is 6.18. The van der Waals surface area contributed by atoms with E-state index in [1.54, 1.807) is 31.2 Å². The van der Waals surface area contributed by atoms with E-state index >= 15 is 0 Å². The third-order valence-electron chi connectivity index (χ3n) is 6.75. The molecular formula is C30H40N5O6P. The van der Waals surface area contributed by atoms with Crippen LogP contribution >= 0.6 is 7.75 Å². The zero-order valence-electron chi connectivity index (χ0n) is 24.6. The van der Waals surface area contributed by atoms with E-state index in [9.17, 15) is 9.36 Å². The van der Waals surface area contributed by atoms with Gasteiger partial charge in [0.05, 0.1) is 30.3 Å². The van der Waals surface area contributed by atoms with Gasteiger partial charge in [-0.3, -0.25) is 9.32 Å². The van der Waals surface area contributed by atoms with Gasteiger partial charge in [0.1, 0.15) is 29.7 Å². The molecule has 4 rings (SSSR count). The first-order chi connectivity index (χ1) is 20.3. The summed E-state index contributed by atoms with van der Waals surface area (Å²) in [4.78, 5) is 22.0. The van der Waals surface area contributed by atoms with E-state index < -0.39 is 19.8 Å². The van der Waals surface area contributed by atoms with Gasteiger partial charge >= 0.3 is 13.7 Å². The predicted molar refractivity (Wildman–Crippen MR) is 163 cm³/mol. The summed E-state index contributed by atoms with van der Waals surface area (Å²) in [6.45, 7) is 8.50. The van der Waals surface area contributed by atoms with Crippen LogP contribution in [-0.4, -0.2) is 46.4 Å². The minimum atomic E-state index is -4.07. The van der Waals surface area contributed by atoms with Gasteiger partial charge in [0.25, 0.3) is 0 Å². The number of para-hydroxylation sites is 2. The number of hydrogen-bond acceptors (Lipinski definition) is 9. The highest BCUT2D eigenvalue weighted by Gasteiger charge is 2.34. The second-order valence-corrected chi connectivity index (χ2v) is 11.6. The van der Waals surface area contributed by atoms with E-state index in [-0.39, 0.29) is 25.9 Å². The van der Waals surface area contributed by atoms with Crippen molar-refractivity contribution in [3.05, 3.63) is 60.4 Å². The molecular weight excluding hydrogens is 557 g/mol. The van der Waals surface area contributed by atoms with E-state index in [0.29, 0.717) is 35.9 Å². The minimum Gasteiger partial charge on any atom is -0.465 e. The second kappa shape index (κ2) is 14.6. The fourth-order valence-electron chi connectivity index (χ4n) is 4.56. The van der Waals surface area contributed by atoms with Crippen molar-refractivity contribution in [2.45, 2.75) is 65.6 Å². The Balaban J connectivity index is 1.68. The number of rotatable bonds is 16. The molecule has 0 aliphatic rings. The molecule has 0 bridgehead atoms. The van der Waals surface area contributed by atoms with Gasteiger partial charge in [-0.25, -0.2) is 14.5 Å². The number of hydrogen-bond donors (Lipinski definition) is 2. The Morgan fingerprint density at radius 3 is 2.52 bits per heavy atom. The van der Waals surface area contributed by atoms with Gasteiger partial charge in [-0.05, 0) is 44.9 Å². The smallest absolute Gasteiger partial charge is 0.459 e. The lowest BCUT2D eigenvalue weighted by Gasteiger charge is -2.26. The summed E-state index contributed by atoms with van der Waals surface area (Å²) in [5.74, 6) is 0.755. The third kappa shape index (κ3) is 7.46.